The Morgan fingerprint density at radius 1 is 1.73 bits per heavy atom. The standard InChI is InChI=1S/C7H8N2O2/c10-6(7(11)1-2-7)5-3-8-4-9-5/h3-4,11H,1-2H2,(H,8,9). The maximum Gasteiger partial charge on any atom is 0.212 e. The first-order chi connectivity index (χ1) is 5.22. The Morgan fingerprint density at radius 2 is 2.45 bits per heavy atom. The van der Waals surface area contributed by atoms with Gasteiger partial charge in [-0.2, -0.15) is 0 Å². The Kier molecular flexibility index (Phi) is 1.14. The molecule has 11 heavy (non-hydrogen) atoms. The molecule has 1 aliphatic rings. The van der Waals surface area contributed by atoms with Crippen LogP contribution in [0.25, 0.3) is 0 Å². The minimum atomic E-state index is -1.08. The number of carbonyl (C=O) groups excluding carboxylic acids is 1. The Balaban J connectivity index is 2.24. The number of hydrogen-bond donors (Lipinski definition) is 2. The number of rotatable bonds is 2. The second kappa shape index (κ2) is 1.92. The lowest BCUT2D eigenvalue weighted by Gasteiger charge is -2.01. The van der Waals surface area contributed by atoms with Crippen LogP contribution >= 0.6 is 0 Å². The van der Waals surface area contributed by atoms with Gasteiger partial charge in [0.1, 0.15) is 11.3 Å². The lowest BCUT2D eigenvalue weighted by Crippen LogP contribution is -2.22. The van der Waals surface area contributed by atoms with E-state index in [1.165, 1.54) is 12.5 Å². The molecule has 4 heteroatoms. The third-order valence-electron chi connectivity index (χ3n) is 1.89. The summed E-state index contributed by atoms with van der Waals surface area (Å²) in [5, 5.41) is 9.37. The van der Waals surface area contributed by atoms with Crippen molar-refractivity contribution in [3.63, 3.8) is 0 Å². The molecule has 0 aliphatic heterocycles. The van der Waals surface area contributed by atoms with Gasteiger partial charge in [-0.1, -0.05) is 0 Å². The first-order valence-corrected chi connectivity index (χ1v) is 3.48. The van der Waals surface area contributed by atoms with Gasteiger partial charge in [0.25, 0.3) is 0 Å². The summed E-state index contributed by atoms with van der Waals surface area (Å²) >= 11 is 0. The second-order valence-corrected chi connectivity index (χ2v) is 2.83. The van der Waals surface area contributed by atoms with E-state index in [2.05, 4.69) is 9.97 Å². The van der Waals surface area contributed by atoms with Crippen LogP contribution < -0.4 is 0 Å². The van der Waals surface area contributed by atoms with Crippen LogP contribution in [0, 0.1) is 0 Å². The van der Waals surface area contributed by atoms with Gasteiger partial charge >= 0.3 is 0 Å². The molecule has 0 aromatic carbocycles. The summed E-state index contributed by atoms with van der Waals surface area (Å²) in [5.74, 6) is -0.241. The first-order valence-electron chi connectivity index (χ1n) is 3.48. The number of carbonyl (C=O) groups is 1. The first kappa shape index (κ1) is 6.54. The average molecular weight is 152 g/mol. The number of H-pyrrole nitrogens is 1. The molecule has 0 unspecified atom stereocenters. The number of hydrogen-bond acceptors (Lipinski definition) is 3. The van der Waals surface area contributed by atoms with Gasteiger partial charge in [0, 0.05) is 0 Å². The Morgan fingerprint density at radius 3 is 2.91 bits per heavy atom. The highest BCUT2D eigenvalue weighted by molar-refractivity contribution is 6.02. The van der Waals surface area contributed by atoms with Crippen molar-refractivity contribution in [1.82, 2.24) is 9.97 Å². The van der Waals surface area contributed by atoms with Crippen LogP contribution in [0.1, 0.15) is 23.3 Å². The van der Waals surface area contributed by atoms with Crippen molar-refractivity contribution in [1.29, 1.82) is 0 Å². The fraction of sp³-hybridized carbons (Fsp3) is 0.429. The molecule has 1 saturated carbocycles. The third-order valence-corrected chi connectivity index (χ3v) is 1.89. The van der Waals surface area contributed by atoms with Crippen LogP contribution in [0.4, 0.5) is 0 Å². The van der Waals surface area contributed by atoms with Crippen molar-refractivity contribution in [2.75, 3.05) is 0 Å². The van der Waals surface area contributed by atoms with Gasteiger partial charge in [-0.15, -0.1) is 0 Å². The summed E-state index contributed by atoms with van der Waals surface area (Å²) in [6.07, 6.45) is 4.01. The number of aromatic amines is 1. The highest BCUT2D eigenvalue weighted by Crippen LogP contribution is 2.37. The molecular weight excluding hydrogens is 144 g/mol. The summed E-state index contributed by atoms with van der Waals surface area (Å²) in [6, 6.07) is 0. The number of imidazole rings is 1. The van der Waals surface area contributed by atoms with Crippen LogP contribution in [-0.4, -0.2) is 26.5 Å². The molecule has 0 saturated heterocycles. The zero-order valence-corrected chi connectivity index (χ0v) is 5.87. The normalized spacial score (nSPS) is 19.7. The summed E-state index contributed by atoms with van der Waals surface area (Å²) in [7, 11) is 0. The molecule has 2 N–H and O–H groups in total. The second-order valence-electron chi connectivity index (χ2n) is 2.83. The van der Waals surface area contributed by atoms with Crippen LogP contribution in [-0.2, 0) is 0 Å². The number of nitrogens with one attached hydrogen (secondary N) is 1. The van der Waals surface area contributed by atoms with Crippen molar-refractivity contribution >= 4 is 5.78 Å². The number of nitrogens with zero attached hydrogens (tertiary/aromatic N) is 1. The lowest BCUT2D eigenvalue weighted by atomic mass is 10.1. The van der Waals surface area contributed by atoms with Crippen molar-refractivity contribution in [3.05, 3.63) is 18.2 Å². The highest BCUT2D eigenvalue weighted by Gasteiger charge is 2.48. The van der Waals surface area contributed by atoms with E-state index in [4.69, 9.17) is 0 Å². The Bertz CT molecular complexity index is 275. The van der Waals surface area contributed by atoms with Crippen molar-refractivity contribution in [2.45, 2.75) is 18.4 Å². The Hall–Kier alpha value is -1.16. The fourth-order valence-corrected chi connectivity index (χ4v) is 0.976. The monoisotopic (exact) mass is 152 g/mol. The van der Waals surface area contributed by atoms with Gasteiger partial charge in [-0.3, -0.25) is 4.79 Å². The van der Waals surface area contributed by atoms with Crippen molar-refractivity contribution in [2.24, 2.45) is 0 Å². The number of Topliss-reactive ketones (excluding diaryl/α,β-unsaturated/α-hetero) is 1. The van der Waals surface area contributed by atoms with E-state index < -0.39 is 5.60 Å². The molecule has 0 bridgehead atoms. The van der Waals surface area contributed by atoms with Gasteiger partial charge in [0.2, 0.25) is 5.78 Å². The van der Waals surface area contributed by atoms with Crippen LogP contribution in [0.3, 0.4) is 0 Å². The summed E-state index contributed by atoms with van der Waals surface area (Å²) < 4.78 is 0. The molecule has 1 fully saturated rings. The SMILES string of the molecule is O=C(c1cnc[nH]1)C1(O)CC1. The molecule has 0 atom stereocenters. The maximum absolute atomic E-state index is 11.3. The molecule has 1 aromatic heterocycles. The van der Waals surface area contributed by atoms with Gasteiger partial charge in [0.15, 0.2) is 0 Å². The molecule has 1 aromatic rings. The molecule has 0 radical (unpaired) electrons. The molecule has 1 heterocycles. The molecule has 58 valence electrons. The minimum absolute atomic E-state index is 0.241. The van der Waals surface area contributed by atoms with Gasteiger partial charge in [-0.05, 0) is 12.8 Å². The summed E-state index contributed by atoms with van der Waals surface area (Å²) in [6.45, 7) is 0. The zero-order chi connectivity index (χ0) is 7.90. The molecule has 2 rings (SSSR count). The number of aromatic nitrogens is 2. The minimum Gasteiger partial charge on any atom is -0.382 e. The van der Waals surface area contributed by atoms with E-state index in [0.29, 0.717) is 18.5 Å². The average Bonchev–Trinajstić information content (AvgIpc) is 2.54. The number of aliphatic hydroxyl groups is 1. The van der Waals surface area contributed by atoms with Gasteiger partial charge < -0.3 is 10.1 Å². The Labute approximate surface area is 63.3 Å². The topological polar surface area (TPSA) is 66.0 Å². The fourth-order valence-electron chi connectivity index (χ4n) is 0.976. The smallest absolute Gasteiger partial charge is 0.212 e. The third kappa shape index (κ3) is 0.952. The van der Waals surface area contributed by atoms with E-state index >= 15 is 0 Å². The molecular formula is C7H8N2O2. The predicted molar refractivity (Wildman–Crippen MR) is 37.1 cm³/mol. The van der Waals surface area contributed by atoms with E-state index in [0.717, 1.165) is 0 Å². The van der Waals surface area contributed by atoms with E-state index in [1.54, 1.807) is 0 Å². The summed E-state index contributed by atoms with van der Waals surface area (Å²) in [4.78, 5) is 17.6. The van der Waals surface area contributed by atoms with E-state index in [-0.39, 0.29) is 5.78 Å². The molecule has 0 spiro atoms. The molecule has 1 aliphatic carbocycles. The van der Waals surface area contributed by atoms with Crippen molar-refractivity contribution in [3.8, 4) is 0 Å². The van der Waals surface area contributed by atoms with Gasteiger partial charge in [-0.25, -0.2) is 4.98 Å². The highest BCUT2D eigenvalue weighted by atomic mass is 16.3. The van der Waals surface area contributed by atoms with Crippen LogP contribution in [0.2, 0.25) is 0 Å². The summed E-state index contributed by atoms with van der Waals surface area (Å²) in [5.41, 5.74) is -0.683. The predicted octanol–water partition coefficient (Wildman–Crippen LogP) is 0.117. The van der Waals surface area contributed by atoms with Crippen LogP contribution in [0.15, 0.2) is 12.5 Å². The lowest BCUT2D eigenvalue weighted by molar-refractivity contribution is 0.0685. The quantitative estimate of drug-likeness (QED) is 0.591. The number of ketones is 1. The van der Waals surface area contributed by atoms with E-state index in [1.807, 2.05) is 0 Å². The van der Waals surface area contributed by atoms with E-state index in [9.17, 15) is 9.90 Å². The zero-order valence-electron chi connectivity index (χ0n) is 5.87. The van der Waals surface area contributed by atoms with Gasteiger partial charge in [0.05, 0.1) is 12.5 Å². The largest absolute Gasteiger partial charge is 0.382 e. The maximum atomic E-state index is 11.3. The van der Waals surface area contributed by atoms with Crippen molar-refractivity contribution < 1.29 is 9.90 Å². The molecule has 4 nitrogen and oxygen atoms in total. The molecule has 0 amide bonds. The van der Waals surface area contributed by atoms with Crippen LogP contribution in [0.5, 0.6) is 0 Å².